The van der Waals surface area contributed by atoms with E-state index in [0.717, 1.165) is 5.69 Å². The normalized spacial score (nSPS) is 10.1. The van der Waals surface area contributed by atoms with Crippen LogP contribution in [0.1, 0.15) is 13.3 Å². The Labute approximate surface area is 129 Å². The number of ether oxygens (including phenoxy) is 1. The average molecular weight is 302 g/mol. The van der Waals surface area contributed by atoms with Gasteiger partial charge in [0.15, 0.2) is 0 Å². The number of benzene rings is 2. The lowest BCUT2D eigenvalue weighted by Gasteiger charge is -2.11. The zero-order chi connectivity index (χ0) is 15.8. The second kappa shape index (κ2) is 8.02. The molecule has 1 amide bonds. The summed E-state index contributed by atoms with van der Waals surface area (Å²) in [5, 5.41) is 5.90. The number of nitrogens with one attached hydrogen (secondary N) is 2. The number of halogens is 1. The molecule has 0 saturated carbocycles. The summed E-state index contributed by atoms with van der Waals surface area (Å²) in [6.07, 6.45) is 0.303. The van der Waals surface area contributed by atoms with Crippen LogP contribution in [0.15, 0.2) is 48.5 Å². The minimum atomic E-state index is -0.282. The minimum Gasteiger partial charge on any atom is -0.492 e. The van der Waals surface area contributed by atoms with E-state index in [9.17, 15) is 9.18 Å². The molecule has 116 valence electrons. The molecule has 0 bridgehead atoms. The Hall–Kier alpha value is -2.56. The average Bonchev–Trinajstić information content (AvgIpc) is 2.51. The highest BCUT2D eigenvalue weighted by Crippen LogP contribution is 2.23. The molecule has 2 N–H and O–H groups in total. The van der Waals surface area contributed by atoms with Gasteiger partial charge in [0.2, 0.25) is 5.91 Å². The topological polar surface area (TPSA) is 50.4 Å². The molecule has 5 heteroatoms. The van der Waals surface area contributed by atoms with Gasteiger partial charge < -0.3 is 15.4 Å². The van der Waals surface area contributed by atoms with Crippen molar-refractivity contribution in [1.82, 2.24) is 0 Å². The van der Waals surface area contributed by atoms with Gasteiger partial charge in [0.25, 0.3) is 0 Å². The maximum Gasteiger partial charge on any atom is 0.226 e. The molecule has 0 aliphatic heterocycles. The summed E-state index contributed by atoms with van der Waals surface area (Å²) < 4.78 is 18.2. The number of amides is 1. The van der Waals surface area contributed by atoms with Crippen molar-refractivity contribution in [1.29, 1.82) is 0 Å². The Morgan fingerprint density at radius 3 is 2.59 bits per heavy atom. The highest BCUT2D eigenvalue weighted by atomic mass is 19.1. The Morgan fingerprint density at radius 2 is 1.86 bits per heavy atom. The third-order valence-corrected chi connectivity index (χ3v) is 2.99. The Bertz CT molecular complexity index is 614. The molecule has 0 saturated heterocycles. The van der Waals surface area contributed by atoms with Crippen LogP contribution in [0, 0.1) is 5.82 Å². The molecule has 4 nitrogen and oxygen atoms in total. The maximum absolute atomic E-state index is 12.8. The summed E-state index contributed by atoms with van der Waals surface area (Å²) in [6.45, 7) is 2.90. The second-order valence-electron chi connectivity index (χ2n) is 4.66. The van der Waals surface area contributed by atoms with Gasteiger partial charge in [-0.2, -0.15) is 0 Å². The van der Waals surface area contributed by atoms with E-state index in [1.165, 1.54) is 12.1 Å². The van der Waals surface area contributed by atoms with Gasteiger partial charge in [-0.05, 0) is 43.3 Å². The standard InChI is InChI=1S/C17H19FN2O2/c1-2-22-16-6-4-3-5-15(16)20-17(21)11-12-19-14-9-7-13(18)8-10-14/h3-10,19H,2,11-12H2,1H3,(H,20,21). The molecule has 0 aliphatic carbocycles. The van der Waals surface area contributed by atoms with E-state index in [-0.39, 0.29) is 11.7 Å². The van der Waals surface area contributed by atoms with Gasteiger partial charge in [0.1, 0.15) is 11.6 Å². The Kier molecular flexibility index (Phi) is 5.77. The molecule has 0 aliphatic rings. The molecular formula is C17H19FN2O2. The van der Waals surface area contributed by atoms with Crippen molar-refractivity contribution >= 4 is 17.3 Å². The fourth-order valence-electron chi connectivity index (χ4n) is 1.95. The first-order valence-corrected chi connectivity index (χ1v) is 7.20. The molecule has 0 fully saturated rings. The van der Waals surface area contributed by atoms with Crippen molar-refractivity contribution in [2.75, 3.05) is 23.8 Å². The van der Waals surface area contributed by atoms with E-state index in [2.05, 4.69) is 10.6 Å². The first-order valence-electron chi connectivity index (χ1n) is 7.20. The van der Waals surface area contributed by atoms with Crippen molar-refractivity contribution in [2.45, 2.75) is 13.3 Å². The maximum atomic E-state index is 12.8. The minimum absolute atomic E-state index is 0.109. The summed E-state index contributed by atoms with van der Waals surface area (Å²) >= 11 is 0. The molecule has 22 heavy (non-hydrogen) atoms. The number of anilines is 2. The molecule has 0 unspecified atom stereocenters. The van der Waals surface area contributed by atoms with Crippen LogP contribution in [0.3, 0.4) is 0 Å². The molecular weight excluding hydrogens is 283 g/mol. The number of carbonyl (C=O) groups excluding carboxylic acids is 1. The molecule has 0 heterocycles. The zero-order valence-electron chi connectivity index (χ0n) is 12.4. The van der Waals surface area contributed by atoms with Crippen LogP contribution in [0.4, 0.5) is 15.8 Å². The van der Waals surface area contributed by atoms with Crippen molar-refractivity contribution in [2.24, 2.45) is 0 Å². The largest absolute Gasteiger partial charge is 0.492 e. The van der Waals surface area contributed by atoms with Gasteiger partial charge in [0.05, 0.1) is 12.3 Å². The van der Waals surface area contributed by atoms with Crippen LogP contribution in [0.2, 0.25) is 0 Å². The van der Waals surface area contributed by atoms with Crippen molar-refractivity contribution in [3.05, 3.63) is 54.3 Å². The third kappa shape index (κ3) is 4.77. The fourth-order valence-corrected chi connectivity index (χ4v) is 1.95. The van der Waals surface area contributed by atoms with Crippen LogP contribution in [-0.2, 0) is 4.79 Å². The summed E-state index contributed by atoms with van der Waals surface area (Å²) in [4.78, 5) is 11.9. The quantitative estimate of drug-likeness (QED) is 0.820. The van der Waals surface area contributed by atoms with E-state index < -0.39 is 0 Å². The first kappa shape index (κ1) is 15.8. The third-order valence-electron chi connectivity index (χ3n) is 2.99. The van der Waals surface area contributed by atoms with E-state index in [1.807, 2.05) is 25.1 Å². The van der Waals surface area contributed by atoms with E-state index in [0.29, 0.717) is 31.0 Å². The van der Waals surface area contributed by atoms with Crippen molar-refractivity contribution < 1.29 is 13.9 Å². The number of rotatable bonds is 7. The fraction of sp³-hybridized carbons (Fsp3) is 0.235. The van der Waals surface area contributed by atoms with Crippen LogP contribution < -0.4 is 15.4 Å². The molecule has 2 aromatic rings. The predicted octanol–water partition coefficient (Wildman–Crippen LogP) is 3.67. The zero-order valence-corrected chi connectivity index (χ0v) is 12.4. The molecule has 0 atom stereocenters. The number of hydrogen-bond donors (Lipinski definition) is 2. The summed E-state index contributed by atoms with van der Waals surface area (Å²) in [5.41, 5.74) is 1.44. The summed E-state index contributed by atoms with van der Waals surface area (Å²) in [7, 11) is 0. The highest BCUT2D eigenvalue weighted by molar-refractivity contribution is 5.92. The number of carbonyl (C=O) groups is 1. The molecule has 0 radical (unpaired) electrons. The second-order valence-corrected chi connectivity index (χ2v) is 4.66. The lowest BCUT2D eigenvalue weighted by Crippen LogP contribution is -2.16. The van der Waals surface area contributed by atoms with Crippen LogP contribution in [-0.4, -0.2) is 19.1 Å². The monoisotopic (exact) mass is 302 g/mol. The van der Waals surface area contributed by atoms with Crippen molar-refractivity contribution in [3.63, 3.8) is 0 Å². The van der Waals surface area contributed by atoms with Gasteiger partial charge >= 0.3 is 0 Å². The predicted molar refractivity (Wildman–Crippen MR) is 85.7 cm³/mol. The number of hydrogen-bond acceptors (Lipinski definition) is 3. The van der Waals surface area contributed by atoms with Crippen LogP contribution in [0.25, 0.3) is 0 Å². The number of para-hydroxylation sites is 2. The van der Waals surface area contributed by atoms with Gasteiger partial charge in [-0.3, -0.25) is 4.79 Å². The van der Waals surface area contributed by atoms with Gasteiger partial charge in [-0.1, -0.05) is 12.1 Å². The van der Waals surface area contributed by atoms with E-state index in [4.69, 9.17) is 4.74 Å². The van der Waals surface area contributed by atoms with E-state index in [1.54, 1.807) is 18.2 Å². The highest BCUT2D eigenvalue weighted by Gasteiger charge is 2.07. The van der Waals surface area contributed by atoms with Gasteiger partial charge in [-0.15, -0.1) is 0 Å². The van der Waals surface area contributed by atoms with Crippen LogP contribution in [0.5, 0.6) is 5.75 Å². The molecule has 0 aromatic heterocycles. The smallest absolute Gasteiger partial charge is 0.226 e. The lowest BCUT2D eigenvalue weighted by atomic mass is 10.2. The van der Waals surface area contributed by atoms with E-state index >= 15 is 0 Å². The van der Waals surface area contributed by atoms with Crippen molar-refractivity contribution in [3.8, 4) is 5.75 Å². The van der Waals surface area contributed by atoms with Crippen LogP contribution >= 0.6 is 0 Å². The lowest BCUT2D eigenvalue weighted by molar-refractivity contribution is -0.116. The Balaban J connectivity index is 1.82. The Morgan fingerprint density at radius 1 is 1.14 bits per heavy atom. The molecule has 2 rings (SSSR count). The first-order chi connectivity index (χ1) is 10.7. The van der Waals surface area contributed by atoms with Gasteiger partial charge in [-0.25, -0.2) is 4.39 Å². The van der Waals surface area contributed by atoms with Gasteiger partial charge in [0, 0.05) is 18.7 Å². The summed E-state index contributed by atoms with van der Waals surface area (Å²) in [6, 6.07) is 13.3. The SMILES string of the molecule is CCOc1ccccc1NC(=O)CCNc1ccc(F)cc1. The molecule has 0 spiro atoms. The summed E-state index contributed by atoms with van der Waals surface area (Å²) in [5.74, 6) is 0.266. The molecule has 2 aromatic carbocycles.